The number of rotatable bonds is 4. The first-order chi connectivity index (χ1) is 11.7. The van der Waals surface area contributed by atoms with E-state index in [-0.39, 0.29) is 5.92 Å². The molecular weight excluding hydrogens is 337 g/mol. The van der Waals surface area contributed by atoms with Gasteiger partial charge in [0.2, 0.25) is 0 Å². The van der Waals surface area contributed by atoms with E-state index in [1.165, 1.54) is 5.56 Å². The van der Waals surface area contributed by atoms with Gasteiger partial charge in [0.15, 0.2) is 0 Å². The van der Waals surface area contributed by atoms with Crippen LogP contribution in [0.1, 0.15) is 17.0 Å². The summed E-state index contributed by atoms with van der Waals surface area (Å²) < 4.78 is 0. The summed E-state index contributed by atoms with van der Waals surface area (Å²) in [6, 6.07) is 26.2. The Morgan fingerprint density at radius 2 is 1.50 bits per heavy atom. The molecule has 1 unspecified atom stereocenters. The van der Waals surface area contributed by atoms with Gasteiger partial charge in [-0.3, -0.25) is 0 Å². The molecule has 1 nitrogen and oxygen atoms in total. The maximum absolute atomic E-state index is 9.53. The van der Waals surface area contributed by atoms with E-state index in [2.05, 4.69) is 42.5 Å². The second-order valence-corrected chi connectivity index (χ2v) is 6.46. The molecule has 0 saturated heterocycles. The first-order valence-corrected chi connectivity index (χ1v) is 8.42. The van der Waals surface area contributed by atoms with Crippen LogP contribution in [0.5, 0.6) is 0 Å². The molecule has 118 valence electrons. The molecule has 3 aromatic rings. The van der Waals surface area contributed by atoms with Crippen molar-refractivity contribution in [2.75, 3.05) is 0 Å². The lowest BCUT2D eigenvalue weighted by atomic mass is 9.92. The fraction of sp³-hybridized carbons (Fsp3) is 0.0952. The molecule has 3 rings (SSSR count). The molecule has 0 aliphatic rings. The number of benzene rings is 3. The van der Waals surface area contributed by atoms with Gasteiger partial charge in [-0.25, -0.2) is 0 Å². The minimum Gasteiger partial charge on any atom is -0.198 e. The zero-order valence-corrected chi connectivity index (χ0v) is 14.4. The number of nitrogens with zero attached hydrogens (tertiary/aromatic N) is 1. The predicted octanol–water partition coefficient (Wildman–Crippen LogP) is 6.51. The quantitative estimate of drug-likeness (QED) is 0.525. The van der Waals surface area contributed by atoms with Gasteiger partial charge < -0.3 is 0 Å². The van der Waals surface area contributed by atoms with Gasteiger partial charge in [0.1, 0.15) is 0 Å². The van der Waals surface area contributed by atoms with Crippen LogP contribution in [0.3, 0.4) is 0 Å². The molecule has 0 aliphatic heterocycles. The lowest BCUT2D eigenvalue weighted by Crippen LogP contribution is -2.01. The summed E-state index contributed by atoms with van der Waals surface area (Å²) in [5.74, 6) is -0.294. The summed E-state index contributed by atoms with van der Waals surface area (Å²) in [5, 5.41) is 10.6. The SMILES string of the molecule is N#CC(Cc1ccc(-c2ccccc2)cc1)c1ccc(Cl)cc1Cl. The van der Waals surface area contributed by atoms with E-state index in [1.54, 1.807) is 12.1 Å². The van der Waals surface area contributed by atoms with Gasteiger partial charge in [-0.2, -0.15) is 5.26 Å². The molecule has 0 aromatic heterocycles. The van der Waals surface area contributed by atoms with Crippen molar-refractivity contribution in [3.8, 4) is 17.2 Å². The van der Waals surface area contributed by atoms with E-state index >= 15 is 0 Å². The van der Waals surface area contributed by atoms with E-state index in [1.807, 2.05) is 24.3 Å². The highest BCUT2D eigenvalue weighted by atomic mass is 35.5. The maximum Gasteiger partial charge on any atom is 0.0767 e. The van der Waals surface area contributed by atoms with Crippen LogP contribution in [0.25, 0.3) is 11.1 Å². The molecule has 0 aliphatic carbocycles. The van der Waals surface area contributed by atoms with Crippen LogP contribution < -0.4 is 0 Å². The molecule has 3 heteroatoms. The third-order valence-corrected chi connectivity index (χ3v) is 4.56. The van der Waals surface area contributed by atoms with Crippen LogP contribution in [0.4, 0.5) is 0 Å². The Labute approximate surface area is 152 Å². The van der Waals surface area contributed by atoms with Crippen LogP contribution in [-0.2, 0) is 6.42 Å². The van der Waals surface area contributed by atoms with Crippen molar-refractivity contribution in [1.82, 2.24) is 0 Å². The molecule has 0 fully saturated rings. The van der Waals surface area contributed by atoms with E-state index in [4.69, 9.17) is 23.2 Å². The summed E-state index contributed by atoms with van der Waals surface area (Å²) >= 11 is 12.2. The van der Waals surface area contributed by atoms with Crippen molar-refractivity contribution in [3.05, 3.63) is 94.0 Å². The number of hydrogen-bond acceptors (Lipinski definition) is 1. The first kappa shape index (κ1) is 16.6. The zero-order chi connectivity index (χ0) is 16.9. The van der Waals surface area contributed by atoms with Crippen LogP contribution in [0.15, 0.2) is 72.8 Å². The van der Waals surface area contributed by atoms with Gasteiger partial charge in [-0.05, 0) is 40.8 Å². The zero-order valence-electron chi connectivity index (χ0n) is 12.9. The third-order valence-electron chi connectivity index (χ3n) is 3.99. The number of halogens is 2. The van der Waals surface area contributed by atoms with Crippen LogP contribution in [0, 0.1) is 11.3 Å². The second-order valence-electron chi connectivity index (χ2n) is 5.61. The topological polar surface area (TPSA) is 23.8 Å². The first-order valence-electron chi connectivity index (χ1n) is 7.66. The fourth-order valence-corrected chi connectivity index (χ4v) is 3.25. The summed E-state index contributed by atoms with van der Waals surface area (Å²) in [5.41, 5.74) is 4.27. The van der Waals surface area contributed by atoms with Crippen molar-refractivity contribution < 1.29 is 0 Å². The Hall–Kier alpha value is -2.27. The highest BCUT2D eigenvalue weighted by molar-refractivity contribution is 6.35. The van der Waals surface area contributed by atoms with Crippen LogP contribution in [0.2, 0.25) is 10.0 Å². The number of hydrogen-bond donors (Lipinski definition) is 0. The van der Waals surface area contributed by atoms with Crippen molar-refractivity contribution in [2.24, 2.45) is 0 Å². The van der Waals surface area contributed by atoms with E-state index < -0.39 is 0 Å². The molecule has 0 saturated carbocycles. The summed E-state index contributed by atoms with van der Waals surface area (Å²) in [4.78, 5) is 0. The average Bonchev–Trinajstić information content (AvgIpc) is 2.61. The molecule has 0 spiro atoms. The molecular formula is C21H15Cl2N. The summed E-state index contributed by atoms with van der Waals surface area (Å²) in [7, 11) is 0. The molecule has 24 heavy (non-hydrogen) atoms. The molecule has 1 atom stereocenters. The van der Waals surface area contributed by atoms with Gasteiger partial charge in [-0.15, -0.1) is 0 Å². The predicted molar refractivity (Wildman–Crippen MR) is 100 cm³/mol. The van der Waals surface area contributed by atoms with Crippen LogP contribution in [-0.4, -0.2) is 0 Å². The molecule has 0 bridgehead atoms. The molecule has 0 N–H and O–H groups in total. The van der Waals surface area contributed by atoms with Crippen molar-refractivity contribution in [2.45, 2.75) is 12.3 Å². The Bertz CT molecular complexity index is 865. The minimum absolute atomic E-state index is 0.294. The molecule has 0 amide bonds. The van der Waals surface area contributed by atoms with Crippen LogP contribution >= 0.6 is 23.2 Å². The van der Waals surface area contributed by atoms with E-state index in [9.17, 15) is 5.26 Å². The largest absolute Gasteiger partial charge is 0.198 e. The highest BCUT2D eigenvalue weighted by Crippen LogP contribution is 2.30. The van der Waals surface area contributed by atoms with Crippen molar-refractivity contribution in [1.29, 1.82) is 5.26 Å². The lowest BCUT2D eigenvalue weighted by molar-refractivity contribution is 0.849. The summed E-state index contributed by atoms with van der Waals surface area (Å²) in [6.45, 7) is 0. The lowest BCUT2D eigenvalue weighted by Gasteiger charge is -2.12. The maximum atomic E-state index is 9.53. The third kappa shape index (κ3) is 3.79. The monoisotopic (exact) mass is 351 g/mol. The fourth-order valence-electron chi connectivity index (χ4n) is 2.71. The average molecular weight is 352 g/mol. The van der Waals surface area contributed by atoms with Gasteiger partial charge in [-0.1, -0.05) is 83.9 Å². The van der Waals surface area contributed by atoms with Gasteiger partial charge in [0.05, 0.1) is 12.0 Å². The smallest absolute Gasteiger partial charge is 0.0767 e. The Morgan fingerprint density at radius 1 is 0.833 bits per heavy atom. The van der Waals surface area contributed by atoms with E-state index in [0.717, 1.165) is 16.7 Å². The van der Waals surface area contributed by atoms with E-state index in [0.29, 0.717) is 16.5 Å². The van der Waals surface area contributed by atoms with Gasteiger partial charge in [0.25, 0.3) is 0 Å². The Morgan fingerprint density at radius 3 is 2.12 bits per heavy atom. The van der Waals surface area contributed by atoms with Gasteiger partial charge >= 0.3 is 0 Å². The standard InChI is InChI=1S/C21H15Cl2N/c22-19-10-11-20(21(23)13-19)18(14-24)12-15-6-8-17(9-7-15)16-4-2-1-3-5-16/h1-11,13,18H,12H2. The van der Waals surface area contributed by atoms with Gasteiger partial charge in [0, 0.05) is 10.0 Å². The minimum atomic E-state index is -0.294. The molecule has 0 heterocycles. The Kier molecular flexibility index (Phi) is 5.20. The second kappa shape index (κ2) is 7.53. The van der Waals surface area contributed by atoms with Crippen molar-refractivity contribution >= 4 is 23.2 Å². The normalized spacial score (nSPS) is 11.7. The molecule has 3 aromatic carbocycles. The molecule has 0 radical (unpaired) electrons. The summed E-state index contributed by atoms with van der Waals surface area (Å²) in [6.07, 6.45) is 0.618. The number of nitriles is 1. The Balaban J connectivity index is 1.81. The van der Waals surface area contributed by atoms with Crippen molar-refractivity contribution in [3.63, 3.8) is 0 Å². The highest BCUT2D eigenvalue weighted by Gasteiger charge is 2.15.